The van der Waals surface area contributed by atoms with Crippen LogP contribution in [0.1, 0.15) is 97.8 Å². The number of thioether (sulfide) groups is 1. The number of ether oxygens (including phenoxy) is 3. The highest BCUT2D eigenvalue weighted by atomic mass is 32.2. The highest BCUT2D eigenvalue weighted by molar-refractivity contribution is 7.99. The van der Waals surface area contributed by atoms with Crippen molar-refractivity contribution < 1.29 is 79.8 Å². The lowest BCUT2D eigenvalue weighted by molar-refractivity contribution is -0.193. The monoisotopic (exact) mass is 1090 g/mol. The fourth-order valence-electron chi connectivity index (χ4n) is 8.69. The van der Waals surface area contributed by atoms with Crippen LogP contribution in [0.4, 0.5) is 32.0 Å². The smallest absolute Gasteiger partial charge is 0.490 e. The number of nitrogens with one attached hydrogen (secondary N) is 2. The predicted molar refractivity (Wildman–Crippen MR) is 263 cm³/mol. The molecule has 17 nitrogen and oxygen atoms in total. The van der Waals surface area contributed by atoms with Crippen molar-refractivity contribution >= 4 is 58.4 Å². The Balaban J connectivity index is 0.000000636. The maximum absolute atomic E-state index is 13.4. The Hall–Kier alpha value is -5.21. The van der Waals surface area contributed by atoms with Gasteiger partial charge in [-0.1, -0.05) is 44.9 Å². The predicted octanol–water partition coefficient (Wildman–Crippen LogP) is 7.57. The molecule has 2 aromatic carbocycles. The number of carboxylic acid groups (broad SMARTS) is 2. The number of nitrogens with zero attached hydrogens (tertiary/aromatic N) is 4. The van der Waals surface area contributed by atoms with E-state index in [-0.39, 0.29) is 35.7 Å². The van der Waals surface area contributed by atoms with Gasteiger partial charge in [-0.25, -0.2) is 14.6 Å². The summed E-state index contributed by atoms with van der Waals surface area (Å²) >= 11 is 3.41. The van der Waals surface area contributed by atoms with Crippen LogP contribution in [0, 0.1) is 0 Å². The molecule has 5 N–H and O–H groups in total. The fourth-order valence-corrected chi connectivity index (χ4v) is 10.4. The second-order valence-electron chi connectivity index (χ2n) is 18.4. The van der Waals surface area contributed by atoms with Gasteiger partial charge in [0.05, 0.1) is 36.8 Å². The molecule has 74 heavy (non-hydrogen) atoms. The van der Waals surface area contributed by atoms with Crippen molar-refractivity contribution in [1.82, 2.24) is 25.0 Å². The van der Waals surface area contributed by atoms with Crippen molar-refractivity contribution in [3.05, 3.63) is 63.6 Å². The minimum absolute atomic E-state index is 0.00308. The van der Waals surface area contributed by atoms with Crippen LogP contribution in [0.15, 0.2) is 46.7 Å². The van der Waals surface area contributed by atoms with Crippen molar-refractivity contribution in [2.45, 2.75) is 113 Å². The lowest BCUT2D eigenvalue weighted by Gasteiger charge is -2.47. The SMILES string of the molecule is CC(C)c1nc(C(=O)N2CCOC3(CCN(Cc4cccc(SCCCOCCC(=O)N(CCNCCc5ccc(O)c6c5OCC(=O)N6)C5CCCC5)c4)CC3)C2)cs1.O=C(O)C(F)(F)F.O=C(O)C(F)(F)F. The number of rotatable bonds is 19. The van der Waals surface area contributed by atoms with Gasteiger partial charge in [0.1, 0.15) is 17.1 Å². The molecule has 2 saturated heterocycles. The molecule has 7 rings (SSSR count). The quantitative estimate of drug-likeness (QED) is 0.0338. The van der Waals surface area contributed by atoms with Gasteiger partial charge in [0, 0.05) is 73.9 Å². The first-order valence-corrected chi connectivity index (χ1v) is 26.2. The van der Waals surface area contributed by atoms with Gasteiger partial charge in [-0.3, -0.25) is 19.3 Å². The van der Waals surface area contributed by atoms with E-state index in [0.717, 1.165) is 80.9 Å². The molecule has 0 unspecified atom stereocenters. The number of likely N-dealkylation sites (tertiary alicyclic amines) is 1. The summed E-state index contributed by atoms with van der Waals surface area (Å²) in [6.45, 7) is 11.8. The number of phenols is 1. The summed E-state index contributed by atoms with van der Waals surface area (Å²) in [6, 6.07) is 12.5. The molecule has 0 bridgehead atoms. The first-order chi connectivity index (χ1) is 35.0. The maximum atomic E-state index is 13.4. The lowest BCUT2D eigenvalue weighted by Crippen LogP contribution is -2.58. The number of hydrogen-bond donors (Lipinski definition) is 5. The summed E-state index contributed by atoms with van der Waals surface area (Å²) in [5, 5.41) is 33.5. The summed E-state index contributed by atoms with van der Waals surface area (Å²) in [7, 11) is 0. The number of carboxylic acids is 2. The number of carbonyl (C=O) groups is 5. The topological polar surface area (TPSA) is 220 Å². The molecular formula is C49H64F6N6O11S2. The Labute approximate surface area is 433 Å². The average Bonchev–Trinajstić information content (AvgIpc) is 4.08. The fraction of sp³-hybridized carbons (Fsp3) is 0.592. The van der Waals surface area contributed by atoms with Gasteiger partial charge in [-0.15, -0.1) is 23.1 Å². The second kappa shape index (κ2) is 28.1. The number of piperidine rings is 1. The number of aromatic nitrogens is 1. The Kier molecular flexibility index (Phi) is 22.6. The number of fused-ring (bicyclic) bond motifs is 1. The Bertz CT molecular complexity index is 2320. The van der Waals surface area contributed by atoms with Crippen LogP contribution >= 0.6 is 23.1 Å². The number of carbonyl (C=O) groups excluding carboxylic acids is 3. The molecule has 1 spiro atoms. The van der Waals surface area contributed by atoms with E-state index in [1.165, 1.54) is 10.5 Å². The van der Waals surface area contributed by atoms with Crippen LogP contribution in [0.3, 0.4) is 0 Å². The number of anilines is 1. The largest absolute Gasteiger partial charge is 0.506 e. The zero-order chi connectivity index (χ0) is 54.1. The van der Waals surface area contributed by atoms with E-state index in [0.29, 0.717) is 94.5 Å². The molecule has 3 aliphatic heterocycles. The Morgan fingerprint density at radius 3 is 2.34 bits per heavy atom. The molecule has 1 aliphatic carbocycles. The van der Waals surface area contributed by atoms with Crippen LogP contribution in [-0.4, -0.2) is 167 Å². The number of hydrogen-bond acceptors (Lipinski definition) is 14. The zero-order valence-corrected chi connectivity index (χ0v) is 42.9. The highest BCUT2D eigenvalue weighted by Crippen LogP contribution is 2.39. The first-order valence-electron chi connectivity index (χ1n) is 24.3. The van der Waals surface area contributed by atoms with Crippen molar-refractivity contribution in [1.29, 1.82) is 0 Å². The van der Waals surface area contributed by atoms with Gasteiger partial charge in [-0.2, -0.15) is 26.3 Å². The number of amides is 3. The standard InChI is InChI=1S/C45H62N6O7S2.2C2HF3O2/c1-32(2)43-47-37(30-60-43)44(55)50-22-25-58-45(31-50)15-19-49(20-16-45)28-33-7-5-10-36(27-33)59-26-6-23-56-24-14-40(54)51(35-8-3-4-9-35)21-18-46-17-13-34-11-12-38(52)41-42(34)57-29-39(53)48-41;2*3-2(4,5)1(6)7/h5,7,10-12,27,30,32,35,46,52H,3-4,6,8-9,13-26,28-29,31H2,1-2H3,(H,48,53);2*(H,6,7). The van der Waals surface area contributed by atoms with E-state index in [4.69, 9.17) is 34.0 Å². The molecule has 4 heterocycles. The molecule has 1 aromatic heterocycles. The molecule has 0 radical (unpaired) electrons. The number of alkyl halides is 6. The molecule has 410 valence electrons. The molecule has 3 aromatic rings. The van der Waals surface area contributed by atoms with Gasteiger partial charge in [0.2, 0.25) is 5.91 Å². The number of phenolic OH excluding ortho intramolecular Hbond substituents is 1. The zero-order valence-electron chi connectivity index (χ0n) is 41.2. The number of halogens is 6. The van der Waals surface area contributed by atoms with Crippen LogP contribution in [-0.2, 0) is 41.6 Å². The summed E-state index contributed by atoms with van der Waals surface area (Å²) in [5.41, 5.74) is 2.84. The molecule has 0 atom stereocenters. The van der Waals surface area contributed by atoms with E-state index in [1.807, 2.05) is 28.1 Å². The van der Waals surface area contributed by atoms with E-state index in [2.05, 4.69) is 63.5 Å². The van der Waals surface area contributed by atoms with Crippen LogP contribution in [0.25, 0.3) is 0 Å². The van der Waals surface area contributed by atoms with Gasteiger partial charge in [0.25, 0.3) is 11.8 Å². The molecule has 3 amide bonds. The van der Waals surface area contributed by atoms with E-state index in [9.17, 15) is 45.8 Å². The van der Waals surface area contributed by atoms with Gasteiger partial charge < -0.3 is 50.0 Å². The lowest BCUT2D eigenvalue weighted by atomic mass is 9.89. The van der Waals surface area contributed by atoms with Crippen LogP contribution in [0.5, 0.6) is 11.5 Å². The Morgan fingerprint density at radius 1 is 1.00 bits per heavy atom. The summed E-state index contributed by atoms with van der Waals surface area (Å²) < 4.78 is 81.4. The minimum Gasteiger partial charge on any atom is -0.506 e. The van der Waals surface area contributed by atoms with Crippen molar-refractivity contribution in [3.8, 4) is 11.5 Å². The molecule has 1 saturated carbocycles. The number of benzene rings is 2. The highest BCUT2D eigenvalue weighted by Gasteiger charge is 2.42. The number of aliphatic carboxylic acids is 2. The third kappa shape index (κ3) is 18.6. The van der Waals surface area contributed by atoms with Gasteiger partial charge in [0.15, 0.2) is 12.4 Å². The van der Waals surface area contributed by atoms with E-state index < -0.39 is 24.3 Å². The Morgan fingerprint density at radius 2 is 1.69 bits per heavy atom. The molecule has 4 aliphatic rings. The third-order valence-electron chi connectivity index (χ3n) is 12.5. The van der Waals surface area contributed by atoms with Crippen LogP contribution < -0.4 is 15.4 Å². The van der Waals surface area contributed by atoms with Gasteiger partial charge in [-0.05, 0) is 74.4 Å². The number of thiazole rings is 1. The number of aromatic hydroxyl groups is 1. The number of morpholine rings is 1. The van der Waals surface area contributed by atoms with Gasteiger partial charge >= 0.3 is 24.3 Å². The summed E-state index contributed by atoms with van der Waals surface area (Å²) in [4.78, 5) is 68.6. The first kappa shape index (κ1) is 59.7. The second-order valence-corrected chi connectivity index (χ2v) is 20.4. The van der Waals surface area contributed by atoms with Crippen molar-refractivity contribution in [2.24, 2.45) is 0 Å². The van der Waals surface area contributed by atoms with Crippen molar-refractivity contribution in [3.63, 3.8) is 0 Å². The molecular weight excluding hydrogens is 1030 g/mol. The average molecular weight is 1090 g/mol. The van der Waals surface area contributed by atoms with E-state index >= 15 is 0 Å². The summed E-state index contributed by atoms with van der Waals surface area (Å²) in [6.07, 6.45) is -1.95. The van der Waals surface area contributed by atoms with E-state index in [1.54, 1.807) is 17.4 Å². The third-order valence-corrected chi connectivity index (χ3v) is 14.7. The summed E-state index contributed by atoms with van der Waals surface area (Å²) in [5.74, 6) is -3.82. The normalized spacial score (nSPS) is 16.8. The van der Waals surface area contributed by atoms with Crippen molar-refractivity contribution in [2.75, 3.05) is 83.3 Å². The molecule has 25 heteroatoms. The maximum Gasteiger partial charge on any atom is 0.490 e. The minimum atomic E-state index is -5.08. The van der Waals surface area contributed by atoms with Crippen LogP contribution in [0.2, 0.25) is 0 Å². The molecule has 3 fully saturated rings.